The molecule has 0 aliphatic carbocycles. The normalized spacial score (nSPS) is 11.9. The SMILES string of the molecule is Cc1cnc(CNC(=O)NC(CO)C(=O)O)s1. The van der Waals surface area contributed by atoms with E-state index in [1.807, 2.05) is 6.92 Å². The number of rotatable bonds is 5. The minimum atomic E-state index is -1.30. The van der Waals surface area contributed by atoms with Crippen LogP contribution in [0, 0.1) is 6.92 Å². The minimum Gasteiger partial charge on any atom is -0.480 e. The van der Waals surface area contributed by atoms with Gasteiger partial charge in [-0.3, -0.25) is 0 Å². The Bertz CT molecular complexity index is 407. The lowest BCUT2D eigenvalue weighted by Crippen LogP contribution is -2.47. The van der Waals surface area contributed by atoms with Crippen molar-refractivity contribution in [2.75, 3.05) is 6.61 Å². The zero-order valence-corrected chi connectivity index (χ0v) is 9.95. The first kappa shape index (κ1) is 13.4. The number of aliphatic hydroxyl groups is 1. The standard InChI is InChI=1S/C9H13N3O4S/c1-5-2-10-7(17-5)3-11-9(16)12-6(4-13)8(14)15/h2,6,13H,3-4H2,1H3,(H,14,15)(H2,11,12,16). The molecule has 0 spiro atoms. The molecule has 1 rings (SSSR count). The Kier molecular flexibility index (Phi) is 4.85. The molecule has 1 aromatic heterocycles. The number of aliphatic carboxylic acids is 1. The summed E-state index contributed by atoms with van der Waals surface area (Å²) in [6, 6.07) is -1.95. The molecular weight excluding hydrogens is 246 g/mol. The van der Waals surface area contributed by atoms with E-state index < -0.39 is 24.6 Å². The van der Waals surface area contributed by atoms with Gasteiger partial charge in [0.25, 0.3) is 0 Å². The van der Waals surface area contributed by atoms with Crippen molar-refractivity contribution in [2.45, 2.75) is 19.5 Å². The second-order valence-corrected chi connectivity index (χ2v) is 4.58. The molecule has 94 valence electrons. The Balaban J connectivity index is 2.37. The molecule has 7 nitrogen and oxygen atoms in total. The van der Waals surface area contributed by atoms with E-state index >= 15 is 0 Å². The summed E-state index contributed by atoms with van der Waals surface area (Å²) < 4.78 is 0. The Morgan fingerprint density at radius 3 is 2.76 bits per heavy atom. The molecule has 0 aliphatic heterocycles. The van der Waals surface area contributed by atoms with Crippen LogP contribution in [-0.2, 0) is 11.3 Å². The first-order valence-corrected chi connectivity index (χ1v) is 5.64. The minimum absolute atomic E-state index is 0.224. The van der Waals surface area contributed by atoms with E-state index in [0.717, 1.165) is 9.88 Å². The van der Waals surface area contributed by atoms with Gasteiger partial charge in [-0.1, -0.05) is 0 Å². The summed E-state index contributed by atoms with van der Waals surface area (Å²) in [5.74, 6) is -1.28. The quantitative estimate of drug-likeness (QED) is 0.580. The highest BCUT2D eigenvalue weighted by Gasteiger charge is 2.18. The van der Waals surface area contributed by atoms with Crippen molar-refractivity contribution in [1.82, 2.24) is 15.6 Å². The van der Waals surface area contributed by atoms with Crippen molar-refractivity contribution in [1.29, 1.82) is 0 Å². The molecule has 0 fully saturated rings. The van der Waals surface area contributed by atoms with E-state index in [-0.39, 0.29) is 6.54 Å². The van der Waals surface area contributed by atoms with Gasteiger partial charge in [-0.2, -0.15) is 0 Å². The van der Waals surface area contributed by atoms with E-state index in [9.17, 15) is 9.59 Å². The molecule has 17 heavy (non-hydrogen) atoms. The molecule has 0 radical (unpaired) electrons. The molecule has 0 saturated heterocycles. The largest absolute Gasteiger partial charge is 0.480 e. The average Bonchev–Trinajstić information content (AvgIpc) is 2.68. The first-order valence-electron chi connectivity index (χ1n) is 4.82. The summed E-state index contributed by atoms with van der Waals surface area (Å²) in [6.45, 7) is 1.47. The van der Waals surface area contributed by atoms with E-state index in [0.29, 0.717) is 0 Å². The number of urea groups is 1. The highest BCUT2D eigenvalue weighted by atomic mass is 32.1. The highest BCUT2D eigenvalue weighted by Crippen LogP contribution is 2.10. The molecule has 1 aromatic rings. The molecule has 0 saturated carbocycles. The molecule has 1 atom stereocenters. The van der Waals surface area contributed by atoms with Crippen LogP contribution in [0.15, 0.2) is 6.20 Å². The molecule has 0 aromatic carbocycles. The van der Waals surface area contributed by atoms with Gasteiger partial charge in [0.15, 0.2) is 6.04 Å². The van der Waals surface area contributed by atoms with Crippen LogP contribution in [0.1, 0.15) is 9.88 Å². The maximum Gasteiger partial charge on any atom is 0.328 e. The van der Waals surface area contributed by atoms with Gasteiger partial charge in [-0.15, -0.1) is 11.3 Å². The first-order chi connectivity index (χ1) is 8.02. The number of aromatic nitrogens is 1. The lowest BCUT2D eigenvalue weighted by molar-refractivity contribution is -0.140. The number of nitrogens with one attached hydrogen (secondary N) is 2. The van der Waals surface area contributed by atoms with Gasteiger partial charge in [0.2, 0.25) is 0 Å². The maximum absolute atomic E-state index is 11.3. The number of hydrogen-bond acceptors (Lipinski definition) is 5. The smallest absolute Gasteiger partial charge is 0.328 e. The van der Waals surface area contributed by atoms with Crippen molar-refractivity contribution in [3.8, 4) is 0 Å². The van der Waals surface area contributed by atoms with Crippen LogP contribution >= 0.6 is 11.3 Å². The molecular formula is C9H13N3O4S. The van der Waals surface area contributed by atoms with E-state index in [2.05, 4.69) is 15.6 Å². The number of aryl methyl sites for hydroxylation is 1. The summed E-state index contributed by atoms with van der Waals surface area (Å²) in [5.41, 5.74) is 0. The van der Waals surface area contributed by atoms with Crippen molar-refractivity contribution in [2.24, 2.45) is 0 Å². The van der Waals surface area contributed by atoms with Crippen LogP contribution in [0.5, 0.6) is 0 Å². The molecule has 0 aliphatic rings. The molecule has 1 unspecified atom stereocenters. The molecule has 1 heterocycles. The number of hydrogen-bond donors (Lipinski definition) is 4. The number of amides is 2. The number of carbonyl (C=O) groups excluding carboxylic acids is 1. The van der Waals surface area contributed by atoms with Crippen LogP contribution in [0.2, 0.25) is 0 Å². The van der Waals surface area contributed by atoms with Gasteiger partial charge in [0.1, 0.15) is 5.01 Å². The van der Waals surface area contributed by atoms with E-state index in [1.165, 1.54) is 11.3 Å². The van der Waals surface area contributed by atoms with Crippen LogP contribution in [0.25, 0.3) is 0 Å². The third-order valence-electron chi connectivity index (χ3n) is 1.86. The van der Waals surface area contributed by atoms with Crippen molar-refractivity contribution in [3.63, 3.8) is 0 Å². The molecule has 8 heteroatoms. The number of carboxylic acids is 1. The zero-order chi connectivity index (χ0) is 12.8. The van der Waals surface area contributed by atoms with Crippen molar-refractivity contribution >= 4 is 23.3 Å². The van der Waals surface area contributed by atoms with E-state index in [1.54, 1.807) is 6.20 Å². The lowest BCUT2D eigenvalue weighted by atomic mass is 10.3. The monoisotopic (exact) mass is 259 g/mol. The van der Waals surface area contributed by atoms with Crippen LogP contribution in [0.3, 0.4) is 0 Å². The predicted octanol–water partition coefficient (Wildman–Crippen LogP) is -0.304. The number of thiazole rings is 1. The summed E-state index contributed by atoms with van der Waals surface area (Å²) in [5, 5.41) is 22.6. The summed E-state index contributed by atoms with van der Waals surface area (Å²) >= 11 is 1.44. The Morgan fingerprint density at radius 1 is 1.59 bits per heavy atom. The van der Waals surface area contributed by atoms with Crippen LogP contribution < -0.4 is 10.6 Å². The van der Waals surface area contributed by atoms with Gasteiger partial charge >= 0.3 is 12.0 Å². The Morgan fingerprint density at radius 2 is 2.29 bits per heavy atom. The Hall–Kier alpha value is -1.67. The summed E-state index contributed by atoms with van der Waals surface area (Å²) in [6.07, 6.45) is 1.69. The third kappa shape index (κ3) is 4.37. The second-order valence-electron chi connectivity index (χ2n) is 3.27. The van der Waals surface area contributed by atoms with E-state index in [4.69, 9.17) is 10.2 Å². The number of carbonyl (C=O) groups is 2. The highest BCUT2D eigenvalue weighted by molar-refractivity contribution is 7.11. The fourth-order valence-electron chi connectivity index (χ4n) is 1.03. The van der Waals surface area contributed by atoms with Crippen molar-refractivity contribution < 1.29 is 19.8 Å². The topological polar surface area (TPSA) is 112 Å². The van der Waals surface area contributed by atoms with Gasteiger partial charge in [-0.25, -0.2) is 14.6 Å². The lowest BCUT2D eigenvalue weighted by Gasteiger charge is -2.11. The van der Waals surface area contributed by atoms with Crippen molar-refractivity contribution in [3.05, 3.63) is 16.1 Å². The number of nitrogens with zero attached hydrogens (tertiary/aromatic N) is 1. The summed E-state index contributed by atoms with van der Waals surface area (Å²) in [4.78, 5) is 26.9. The zero-order valence-electron chi connectivity index (χ0n) is 9.14. The Labute approximate surface area is 101 Å². The third-order valence-corrected chi connectivity index (χ3v) is 2.77. The number of carboxylic acid groups (broad SMARTS) is 1. The fourth-order valence-corrected chi connectivity index (χ4v) is 1.76. The fraction of sp³-hybridized carbons (Fsp3) is 0.444. The number of aliphatic hydroxyl groups excluding tert-OH is 1. The van der Waals surface area contributed by atoms with Gasteiger partial charge < -0.3 is 20.8 Å². The molecule has 4 N–H and O–H groups in total. The molecule has 0 bridgehead atoms. The van der Waals surface area contributed by atoms with Gasteiger partial charge in [-0.05, 0) is 6.92 Å². The average molecular weight is 259 g/mol. The second kappa shape index (κ2) is 6.16. The van der Waals surface area contributed by atoms with Crippen LogP contribution in [0.4, 0.5) is 4.79 Å². The predicted molar refractivity (Wildman–Crippen MR) is 60.7 cm³/mol. The maximum atomic E-state index is 11.3. The van der Waals surface area contributed by atoms with Crippen LogP contribution in [-0.4, -0.2) is 39.8 Å². The van der Waals surface area contributed by atoms with Gasteiger partial charge in [0.05, 0.1) is 13.2 Å². The molecule has 2 amide bonds. The summed E-state index contributed by atoms with van der Waals surface area (Å²) in [7, 11) is 0. The van der Waals surface area contributed by atoms with Gasteiger partial charge in [0, 0.05) is 11.1 Å².